The van der Waals surface area contributed by atoms with Crippen LogP contribution in [0.25, 0.3) is 21.9 Å². The van der Waals surface area contributed by atoms with Gasteiger partial charge in [0.05, 0.1) is 18.2 Å². The summed E-state index contributed by atoms with van der Waals surface area (Å²) in [7, 11) is 1.63. The molecule has 1 amide bonds. The number of nitrogens with zero attached hydrogens (tertiary/aromatic N) is 1. The smallest absolute Gasteiger partial charge is 0.255 e. The van der Waals surface area contributed by atoms with Gasteiger partial charge in [-0.05, 0) is 50.1 Å². The molecule has 0 radical (unpaired) electrons. The predicted molar refractivity (Wildman–Crippen MR) is 110 cm³/mol. The largest absolute Gasteiger partial charge is 0.497 e. The Balaban J connectivity index is 1.48. The van der Waals surface area contributed by atoms with E-state index in [4.69, 9.17) is 13.9 Å². The van der Waals surface area contributed by atoms with Gasteiger partial charge < -0.3 is 19.2 Å². The Morgan fingerprint density at radius 3 is 2.69 bits per heavy atom. The average Bonchev–Trinajstić information content (AvgIpc) is 3.47. The number of nitrogens with one attached hydrogen (secondary N) is 1. The number of furan rings is 1. The molecule has 6 nitrogen and oxygen atoms in total. The van der Waals surface area contributed by atoms with E-state index in [0.29, 0.717) is 34.4 Å². The number of ether oxygens (including phenoxy) is 2. The Hall–Kier alpha value is -3.54. The normalized spacial score (nSPS) is 13.6. The van der Waals surface area contributed by atoms with Crippen molar-refractivity contribution in [2.24, 2.45) is 0 Å². The van der Waals surface area contributed by atoms with Gasteiger partial charge in [0.15, 0.2) is 0 Å². The molecule has 2 heterocycles. The number of methoxy groups -OCH3 is 1. The summed E-state index contributed by atoms with van der Waals surface area (Å²) in [6.07, 6.45) is 3.79. The molecule has 6 heteroatoms. The Bertz CT molecular complexity index is 1240. The SMILES string of the molecule is COc1ccc2c(Oc3ccc4c(C(=O)NC5CC5)c(C)oc4c3)ccnc2c1. The zero-order chi connectivity index (χ0) is 20.0. The molecule has 5 rings (SSSR count). The molecule has 29 heavy (non-hydrogen) atoms. The lowest BCUT2D eigenvalue weighted by molar-refractivity contribution is 0.0951. The molecule has 0 atom stereocenters. The number of fused-ring (bicyclic) bond motifs is 2. The average molecular weight is 388 g/mol. The van der Waals surface area contributed by atoms with Gasteiger partial charge in [-0.25, -0.2) is 0 Å². The van der Waals surface area contributed by atoms with Crippen LogP contribution in [0.4, 0.5) is 0 Å². The van der Waals surface area contributed by atoms with Gasteiger partial charge in [-0.3, -0.25) is 9.78 Å². The van der Waals surface area contributed by atoms with Gasteiger partial charge in [0.25, 0.3) is 5.91 Å². The van der Waals surface area contributed by atoms with Gasteiger partial charge in [-0.15, -0.1) is 0 Å². The first-order chi connectivity index (χ1) is 14.1. The van der Waals surface area contributed by atoms with Crippen molar-refractivity contribution in [3.63, 3.8) is 0 Å². The molecule has 1 fully saturated rings. The molecule has 1 N–H and O–H groups in total. The quantitative estimate of drug-likeness (QED) is 0.522. The minimum absolute atomic E-state index is 0.0773. The Kier molecular flexibility index (Phi) is 4.12. The van der Waals surface area contributed by atoms with Crippen molar-refractivity contribution in [3.8, 4) is 17.2 Å². The second-order valence-corrected chi connectivity index (χ2v) is 7.23. The maximum atomic E-state index is 12.5. The van der Waals surface area contributed by atoms with Gasteiger partial charge in [0.1, 0.15) is 28.6 Å². The highest BCUT2D eigenvalue weighted by Gasteiger charge is 2.27. The molecule has 1 aliphatic carbocycles. The summed E-state index contributed by atoms with van der Waals surface area (Å²) in [6.45, 7) is 1.81. The predicted octanol–water partition coefficient (Wildman–Crippen LogP) is 4.98. The second kappa shape index (κ2) is 6.81. The third-order valence-corrected chi connectivity index (χ3v) is 5.11. The molecule has 0 saturated heterocycles. The lowest BCUT2D eigenvalue weighted by Crippen LogP contribution is -2.25. The van der Waals surface area contributed by atoms with E-state index in [1.807, 2.05) is 49.4 Å². The van der Waals surface area contributed by atoms with E-state index in [9.17, 15) is 4.79 Å². The van der Waals surface area contributed by atoms with Crippen molar-refractivity contribution in [2.45, 2.75) is 25.8 Å². The number of pyridine rings is 1. The molecule has 146 valence electrons. The topological polar surface area (TPSA) is 73.6 Å². The first-order valence-electron chi connectivity index (χ1n) is 9.57. The van der Waals surface area contributed by atoms with E-state index in [-0.39, 0.29) is 5.91 Å². The number of amides is 1. The van der Waals surface area contributed by atoms with E-state index < -0.39 is 0 Å². The maximum Gasteiger partial charge on any atom is 0.255 e. The number of benzene rings is 2. The van der Waals surface area contributed by atoms with Gasteiger partial charge in [-0.1, -0.05) is 0 Å². The van der Waals surface area contributed by atoms with Crippen LogP contribution in [0.5, 0.6) is 17.2 Å². The van der Waals surface area contributed by atoms with Crippen LogP contribution >= 0.6 is 0 Å². The van der Waals surface area contributed by atoms with Crippen LogP contribution in [0.2, 0.25) is 0 Å². The lowest BCUT2D eigenvalue weighted by Gasteiger charge is -2.09. The second-order valence-electron chi connectivity index (χ2n) is 7.23. The molecular formula is C23H20N2O4. The Labute approximate surface area is 167 Å². The fourth-order valence-electron chi connectivity index (χ4n) is 3.47. The highest BCUT2D eigenvalue weighted by atomic mass is 16.5. The Morgan fingerprint density at radius 2 is 1.90 bits per heavy atom. The molecule has 0 bridgehead atoms. The van der Waals surface area contributed by atoms with Gasteiger partial charge in [0.2, 0.25) is 0 Å². The van der Waals surface area contributed by atoms with Gasteiger partial charge >= 0.3 is 0 Å². The van der Waals surface area contributed by atoms with Gasteiger partial charge in [-0.2, -0.15) is 0 Å². The third kappa shape index (κ3) is 3.27. The minimum atomic E-state index is -0.0773. The van der Waals surface area contributed by atoms with E-state index in [0.717, 1.165) is 34.9 Å². The van der Waals surface area contributed by atoms with Crippen LogP contribution < -0.4 is 14.8 Å². The van der Waals surface area contributed by atoms with Crippen LogP contribution in [0.15, 0.2) is 53.1 Å². The van der Waals surface area contributed by atoms with Crippen LogP contribution in [-0.4, -0.2) is 24.0 Å². The fraction of sp³-hybridized carbons (Fsp3) is 0.217. The molecule has 1 saturated carbocycles. The summed E-state index contributed by atoms with van der Waals surface area (Å²) in [6, 6.07) is 13.3. The molecule has 0 unspecified atom stereocenters. The van der Waals surface area contributed by atoms with Crippen molar-refractivity contribution < 1.29 is 18.7 Å². The summed E-state index contributed by atoms with van der Waals surface area (Å²) in [5.41, 5.74) is 2.01. The van der Waals surface area contributed by atoms with Crippen LogP contribution in [0.1, 0.15) is 29.0 Å². The minimum Gasteiger partial charge on any atom is -0.497 e. The van der Waals surface area contributed by atoms with Crippen LogP contribution in [0.3, 0.4) is 0 Å². The summed E-state index contributed by atoms with van der Waals surface area (Å²) in [5.74, 6) is 2.59. The molecule has 4 aromatic rings. The third-order valence-electron chi connectivity index (χ3n) is 5.11. The number of aryl methyl sites for hydroxylation is 1. The van der Waals surface area contributed by atoms with Crippen molar-refractivity contribution >= 4 is 27.8 Å². The number of aromatic nitrogens is 1. The van der Waals surface area contributed by atoms with E-state index in [1.165, 1.54) is 0 Å². The highest BCUT2D eigenvalue weighted by molar-refractivity contribution is 6.07. The van der Waals surface area contributed by atoms with Crippen LogP contribution in [0, 0.1) is 6.92 Å². The summed E-state index contributed by atoms with van der Waals surface area (Å²) in [4.78, 5) is 16.9. The number of carbonyl (C=O) groups is 1. The zero-order valence-corrected chi connectivity index (χ0v) is 16.2. The fourth-order valence-corrected chi connectivity index (χ4v) is 3.47. The highest BCUT2D eigenvalue weighted by Crippen LogP contribution is 2.34. The van der Waals surface area contributed by atoms with Crippen LogP contribution in [-0.2, 0) is 0 Å². The monoisotopic (exact) mass is 388 g/mol. The first kappa shape index (κ1) is 17.6. The van der Waals surface area contributed by atoms with E-state index in [1.54, 1.807) is 13.3 Å². The van der Waals surface area contributed by atoms with Crippen molar-refractivity contribution in [2.75, 3.05) is 7.11 Å². The Morgan fingerprint density at radius 1 is 1.10 bits per heavy atom. The summed E-state index contributed by atoms with van der Waals surface area (Å²) in [5, 5.41) is 4.70. The molecule has 0 spiro atoms. The zero-order valence-electron chi connectivity index (χ0n) is 16.2. The number of rotatable bonds is 5. The lowest BCUT2D eigenvalue weighted by atomic mass is 10.1. The van der Waals surface area contributed by atoms with Crippen molar-refractivity contribution in [1.82, 2.24) is 10.3 Å². The molecule has 2 aromatic heterocycles. The molecule has 2 aromatic carbocycles. The van der Waals surface area contributed by atoms with Crippen molar-refractivity contribution in [1.29, 1.82) is 0 Å². The summed E-state index contributed by atoms with van der Waals surface area (Å²) >= 11 is 0. The standard InChI is InChI=1S/C23H20N2O4/c1-13-22(23(26)25-14-3-4-14)18-8-6-16(12-21(18)28-13)29-20-9-10-24-19-11-15(27-2)5-7-17(19)20/h5-12,14H,3-4H2,1-2H3,(H,25,26). The number of hydrogen-bond acceptors (Lipinski definition) is 5. The van der Waals surface area contributed by atoms with E-state index >= 15 is 0 Å². The van der Waals surface area contributed by atoms with E-state index in [2.05, 4.69) is 10.3 Å². The van der Waals surface area contributed by atoms with Crippen molar-refractivity contribution in [3.05, 3.63) is 60.0 Å². The molecular weight excluding hydrogens is 368 g/mol. The summed E-state index contributed by atoms with van der Waals surface area (Å²) < 4.78 is 17.2. The molecule has 1 aliphatic rings. The molecule has 0 aliphatic heterocycles. The maximum absolute atomic E-state index is 12.5. The van der Waals surface area contributed by atoms with Gasteiger partial charge in [0, 0.05) is 35.1 Å². The first-order valence-corrected chi connectivity index (χ1v) is 9.57. The number of carbonyl (C=O) groups excluding carboxylic acids is 1. The number of hydrogen-bond donors (Lipinski definition) is 1.